The lowest BCUT2D eigenvalue weighted by molar-refractivity contribution is 0.0696. The maximum Gasteiger partial charge on any atom is 0.338 e. The first kappa shape index (κ1) is 20.2. The number of carboxylic acid groups (broad SMARTS) is 1. The molecule has 0 aliphatic carbocycles. The number of nitrogen functional groups attached to an aromatic ring is 1. The van der Waals surface area contributed by atoms with E-state index in [1.54, 1.807) is 18.2 Å². The predicted molar refractivity (Wildman–Crippen MR) is 118 cm³/mol. The van der Waals surface area contributed by atoms with Crippen LogP contribution in [0, 0.1) is 11.2 Å². The number of benzene rings is 2. The molecular weight excluding hydrogens is 397 g/mol. The standard InChI is InChI=1S/C23H20FN5O2/c1-12(2)21-20(22-27-10-14(11-28-22)23(30)31)17-8-18(26)13(9-25)7-19(17)29(21)16-5-3-15(24)4-6-16/h3-12,25H,26H2,1-2H3,(H,30,31). The number of aromatic carboxylic acids is 1. The molecule has 0 amide bonds. The third kappa shape index (κ3) is 3.42. The van der Waals surface area contributed by atoms with E-state index in [4.69, 9.17) is 11.1 Å². The summed E-state index contributed by atoms with van der Waals surface area (Å²) in [7, 11) is 0. The molecule has 0 fully saturated rings. The Morgan fingerprint density at radius 1 is 1.19 bits per heavy atom. The first-order valence-corrected chi connectivity index (χ1v) is 9.61. The SMILES string of the molecule is CC(C)c1c(-c2ncc(C(=O)O)cn2)c2cc(N)c(C=N)cc2n1-c1ccc(F)cc1. The number of anilines is 1. The van der Waals surface area contributed by atoms with Crippen LogP contribution in [0.4, 0.5) is 10.1 Å². The maximum absolute atomic E-state index is 13.6. The number of hydrogen-bond acceptors (Lipinski definition) is 5. The van der Waals surface area contributed by atoms with Gasteiger partial charge >= 0.3 is 5.97 Å². The molecule has 31 heavy (non-hydrogen) atoms. The highest BCUT2D eigenvalue weighted by molar-refractivity contribution is 6.03. The van der Waals surface area contributed by atoms with E-state index in [1.165, 1.54) is 30.7 Å². The van der Waals surface area contributed by atoms with E-state index in [2.05, 4.69) is 9.97 Å². The van der Waals surface area contributed by atoms with E-state index in [0.29, 0.717) is 17.1 Å². The fourth-order valence-corrected chi connectivity index (χ4v) is 3.73. The maximum atomic E-state index is 13.6. The van der Waals surface area contributed by atoms with Crippen molar-refractivity contribution in [3.63, 3.8) is 0 Å². The summed E-state index contributed by atoms with van der Waals surface area (Å²) in [6.07, 6.45) is 3.72. The fourth-order valence-electron chi connectivity index (χ4n) is 3.73. The van der Waals surface area contributed by atoms with Crippen molar-refractivity contribution in [3.05, 3.63) is 71.4 Å². The van der Waals surface area contributed by atoms with Crippen LogP contribution in [0.3, 0.4) is 0 Å². The number of carbonyl (C=O) groups is 1. The number of nitrogens with zero attached hydrogens (tertiary/aromatic N) is 3. The van der Waals surface area contributed by atoms with Crippen molar-refractivity contribution in [2.45, 2.75) is 19.8 Å². The molecule has 2 aromatic carbocycles. The van der Waals surface area contributed by atoms with Gasteiger partial charge in [0.25, 0.3) is 0 Å². The second kappa shape index (κ2) is 7.64. The van der Waals surface area contributed by atoms with Gasteiger partial charge in [-0.3, -0.25) is 0 Å². The summed E-state index contributed by atoms with van der Waals surface area (Å²) in [6, 6.07) is 9.71. The third-order valence-electron chi connectivity index (χ3n) is 5.12. The lowest BCUT2D eigenvalue weighted by atomic mass is 10.0. The molecule has 0 spiro atoms. The minimum atomic E-state index is -1.11. The van der Waals surface area contributed by atoms with Crippen molar-refractivity contribution >= 4 is 28.8 Å². The Morgan fingerprint density at radius 2 is 1.84 bits per heavy atom. The minimum Gasteiger partial charge on any atom is -0.478 e. The van der Waals surface area contributed by atoms with Gasteiger partial charge in [0.1, 0.15) is 5.82 Å². The summed E-state index contributed by atoms with van der Waals surface area (Å²) >= 11 is 0. The van der Waals surface area contributed by atoms with Gasteiger partial charge in [-0.2, -0.15) is 0 Å². The van der Waals surface area contributed by atoms with E-state index in [0.717, 1.165) is 27.8 Å². The van der Waals surface area contributed by atoms with Gasteiger partial charge in [-0.05, 0) is 42.3 Å². The average Bonchev–Trinajstić information content (AvgIpc) is 3.08. The predicted octanol–water partition coefficient (Wildman–Crippen LogP) is 4.63. The van der Waals surface area contributed by atoms with E-state index in [-0.39, 0.29) is 17.3 Å². The zero-order valence-corrected chi connectivity index (χ0v) is 16.9. The molecule has 2 heterocycles. The molecule has 4 rings (SSSR count). The van der Waals surface area contributed by atoms with Crippen LogP contribution >= 0.6 is 0 Å². The topological polar surface area (TPSA) is 118 Å². The van der Waals surface area contributed by atoms with Gasteiger partial charge in [0, 0.05) is 52.2 Å². The Balaban J connectivity index is 2.13. The smallest absolute Gasteiger partial charge is 0.338 e. The van der Waals surface area contributed by atoms with Crippen molar-refractivity contribution in [3.8, 4) is 17.1 Å². The summed E-state index contributed by atoms with van der Waals surface area (Å²) in [5, 5.41) is 17.6. The van der Waals surface area contributed by atoms with Gasteiger partial charge in [0.05, 0.1) is 11.1 Å². The highest BCUT2D eigenvalue weighted by Crippen LogP contribution is 2.40. The molecule has 2 aromatic heterocycles. The summed E-state index contributed by atoms with van der Waals surface area (Å²) in [4.78, 5) is 19.8. The minimum absolute atomic E-state index is 0.0114. The number of nitrogens with one attached hydrogen (secondary N) is 1. The highest BCUT2D eigenvalue weighted by Gasteiger charge is 2.24. The molecule has 0 aliphatic heterocycles. The molecule has 0 saturated carbocycles. The molecule has 8 heteroatoms. The molecule has 0 atom stereocenters. The van der Waals surface area contributed by atoms with Crippen LogP contribution in [0.1, 0.15) is 41.4 Å². The van der Waals surface area contributed by atoms with Crippen molar-refractivity contribution in [1.29, 1.82) is 5.41 Å². The van der Waals surface area contributed by atoms with Gasteiger partial charge in [0.2, 0.25) is 0 Å². The first-order chi connectivity index (χ1) is 14.8. The largest absolute Gasteiger partial charge is 0.478 e. The summed E-state index contributed by atoms with van der Waals surface area (Å²) < 4.78 is 15.6. The number of hydrogen-bond donors (Lipinski definition) is 3. The lowest BCUT2D eigenvalue weighted by Crippen LogP contribution is -2.05. The van der Waals surface area contributed by atoms with Crippen LogP contribution < -0.4 is 5.73 Å². The van der Waals surface area contributed by atoms with Crippen molar-refractivity contribution in [1.82, 2.24) is 14.5 Å². The van der Waals surface area contributed by atoms with Crippen molar-refractivity contribution in [2.75, 3.05) is 5.73 Å². The molecule has 0 aliphatic rings. The number of halogens is 1. The van der Waals surface area contributed by atoms with E-state index >= 15 is 0 Å². The van der Waals surface area contributed by atoms with Gasteiger partial charge in [-0.25, -0.2) is 19.2 Å². The van der Waals surface area contributed by atoms with Crippen LogP contribution in [0.5, 0.6) is 0 Å². The summed E-state index contributed by atoms with van der Waals surface area (Å²) in [6.45, 7) is 4.04. The van der Waals surface area contributed by atoms with Gasteiger partial charge < -0.3 is 20.8 Å². The number of rotatable bonds is 5. The normalized spacial score (nSPS) is 11.2. The first-order valence-electron chi connectivity index (χ1n) is 9.61. The molecule has 0 unspecified atom stereocenters. The summed E-state index contributed by atoms with van der Waals surface area (Å²) in [5.74, 6) is -1.07. The monoisotopic (exact) mass is 417 g/mol. The number of aromatic nitrogens is 3. The van der Waals surface area contributed by atoms with E-state index < -0.39 is 5.97 Å². The zero-order chi connectivity index (χ0) is 22.3. The van der Waals surface area contributed by atoms with Crippen molar-refractivity contribution in [2.24, 2.45) is 0 Å². The van der Waals surface area contributed by atoms with Gasteiger partial charge in [-0.15, -0.1) is 0 Å². The Hall–Kier alpha value is -4.07. The van der Waals surface area contributed by atoms with Crippen LogP contribution in [0.2, 0.25) is 0 Å². The fraction of sp³-hybridized carbons (Fsp3) is 0.130. The number of fused-ring (bicyclic) bond motifs is 1. The van der Waals surface area contributed by atoms with E-state index in [1.807, 2.05) is 24.5 Å². The zero-order valence-electron chi connectivity index (χ0n) is 16.9. The van der Waals surface area contributed by atoms with Crippen LogP contribution in [-0.4, -0.2) is 31.8 Å². The van der Waals surface area contributed by atoms with Gasteiger partial charge in [0.15, 0.2) is 5.82 Å². The average molecular weight is 417 g/mol. The molecule has 0 saturated heterocycles. The summed E-state index contributed by atoms with van der Waals surface area (Å²) in [5.41, 5.74) is 10.2. The lowest BCUT2D eigenvalue weighted by Gasteiger charge is -2.15. The Labute approximate surface area is 177 Å². The second-order valence-electron chi connectivity index (χ2n) is 7.47. The second-order valence-corrected chi connectivity index (χ2v) is 7.47. The molecule has 4 N–H and O–H groups in total. The Morgan fingerprint density at radius 3 is 2.39 bits per heavy atom. The van der Waals surface area contributed by atoms with E-state index in [9.17, 15) is 14.3 Å². The number of nitrogens with two attached hydrogens (primary N) is 1. The van der Waals surface area contributed by atoms with Crippen LogP contribution in [-0.2, 0) is 0 Å². The highest BCUT2D eigenvalue weighted by atomic mass is 19.1. The molecule has 0 radical (unpaired) electrons. The van der Waals surface area contributed by atoms with Gasteiger partial charge in [-0.1, -0.05) is 13.8 Å². The third-order valence-corrected chi connectivity index (χ3v) is 5.12. The van der Waals surface area contributed by atoms with Crippen LogP contribution in [0.15, 0.2) is 48.8 Å². The number of carboxylic acids is 1. The molecule has 156 valence electrons. The quantitative estimate of drug-likeness (QED) is 0.323. The molecular formula is C23H20FN5O2. The van der Waals surface area contributed by atoms with Crippen molar-refractivity contribution < 1.29 is 14.3 Å². The van der Waals surface area contributed by atoms with Crippen LogP contribution in [0.25, 0.3) is 28.0 Å². The molecule has 7 nitrogen and oxygen atoms in total. The molecule has 4 aromatic rings. The Kier molecular flexibility index (Phi) is 4.98. The Bertz CT molecular complexity index is 1310. The molecule has 0 bridgehead atoms.